The molecular formula is C28H30F8N6O3. The van der Waals surface area contributed by atoms with Gasteiger partial charge in [-0.1, -0.05) is 13.0 Å². The van der Waals surface area contributed by atoms with E-state index in [-0.39, 0.29) is 67.2 Å². The largest absolute Gasteiger partial charge is 0.471 e. The molecule has 0 atom stereocenters. The molecule has 1 aliphatic carbocycles. The number of nitrogens with zero attached hydrogens (tertiary/aromatic N) is 3. The molecule has 1 aliphatic rings. The van der Waals surface area contributed by atoms with Crippen LogP contribution in [0, 0.1) is 5.92 Å². The third-order valence-corrected chi connectivity index (χ3v) is 7.37. The number of amides is 2. The summed E-state index contributed by atoms with van der Waals surface area (Å²) in [6.07, 6.45) is -12.2. The fraction of sp³-hybridized carbons (Fsp3) is 0.500. The minimum Gasteiger partial charge on any atom is -0.471 e. The van der Waals surface area contributed by atoms with E-state index < -0.39 is 60.4 Å². The monoisotopic (exact) mass is 650 g/mol. The molecular weight excluding hydrogens is 620 g/mol. The molecule has 2 heterocycles. The minimum atomic E-state index is -4.77. The highest BCUT2D eigenvalue weighted by atomic mass is 19.4. The average molecular weight is 651 g/mol. The van der Waals surface area contributed by atoms with Crippen molar-refractivity contribution in [2.45, 2.75) is 70.4 Å². The van der Waals surface area contributed by atoms with Gasteiger partial charge in [0.05, 0.1) is 17.2 Å². The SMILES string of the molecule is CCC(=O)NCc1ccc(C(F)(F)F)c(Nc2nc3cc(C(=O)NC4CCC(C(F)(F)F)CC4)c(OCC(F)F)nc3n2C)c1. The van der Waals surface area contributed by atoms with E-state index >= 15 is 0 Å². The number of carbonyl (C=O) groups excluding carboxylic acids is 2. The molecule has 1 fully saturated rings. The first-order valence-electron chi connectivity index (χ1n) is 14.0. The lowest BCUT2D eigenvalue weighted by molar-refractivity contribution is -0.182. The van der Waals surface area contributed by atoms with Gasteiger partial charge in [0.1, 0.15) is 11.1 Å². The minimum absolute atomic E-state index is 0.00440. The van der Waals surface area contributed by atoms with E-state index in [0.29, 0.717) is 5.56 Å². The Balaban J connectivity index is 1.65. The van der Waals surface area contributed by atoms with Crippen LogP contribution in [0.2, 0.25) is 0 Å². The van der Waals surface area contributed by atoms with Crippen molar-refractivity contribution in [2.24, 2.45) is 13.0 Å². The summed E-state index contributed by atoms with van der Waals surface area (Å²) in [5.41, 5.74) is -1.43. The van der Waals surface area contributed by atoms with Crippen LogP contribution < -0.4 is 20.7 Å². The van der Waals surface area contributed by atoms with Crippen LogP contribution in [0.15, 0.2) is 24.3 Å². The number of rotatable bonds is 10. The Hall–Kier alpha value is -4.18. The number of aryl methyl sites for hydroxylation is 1. The number of carbonyl (C=O) groups is 2. The van der Waals surface area contributed by atoms with Crippen molar-refractivity contribution in [3.05, 3.63) is 41.0 Å². The Bertz CT molecular complexity index is 1530. The Kier molecular flexibility index (Phi) is 10.1. The molecule has 4 rings (SSSR count). The van der Waals surface area contributed by atoms with Gasteiger partial charge in [-0.3, -0.25) is 14.2 Å². The van der Waals surface area contributed by atoms with Gasteiger partial charge < -0.3 is 20.7 Å². The second-order valence-electron chi connectivity index (χ2n) is 10.6. The molecule has 1 saturated carbocycles. The zero-order chi connectivity index (χ0) is 33.1. The number of alkyl halides is 8. The molecule has 2 amide bonds. The van der Waals surface area contributed by atoms with Crippen LogP contribution in [-0.4, -0.2) is 51.6 Å². The predicted octanol–water partition coefficient (Wildman–Crippen LogP) is 6.25. The van der Waals surface area contributed by atoms with Crippen LogP contribution in [0.25, 0.3) is 11.2 Å². The van der Waals surface area contributed by atoms with Crippen molar-refractivity contribution in [1.82, 2.24) is 25.2 Å². The van der Waals surface area contributed by atoms with Gasteiger partial charge in [-0.2, -0.15) is 31.3 Å². The van der Waals surface area contributed by atoms with Gasteiger partial charge in [0.15, 0.2) is 12.3 Å². The Labute approximate surface area is 251 Å². The summed E-state index contributed by atoms with van der Waals surface area (Å²) < 4.78 is 113. The molecule has 0 unspecified atom stereocenters. The van der Waals surface area contributed by atoms with Crippen LogP contribution in [-0.2, 0) is 24.6 Å². The number of imidazole rings is 1. The summed E-state index contributed by atoms with van der Waals surface area (Å²) in [7, 11) is 1.39. The van der Waals surface area contributed by atoms with Gasteiger partial charge in [0, 0.05) is 26.1 Å². The third kappa shape index (κ3) is 8.30. The van der Waals surface area contributed by atoms with Gasteiger partial charge in [0.25, 0.3) is 12.3 Å². The molecule has 0 radical (unpaired) electrons. The van der Waals surface area contributed by atoms with Crippen molar-refractivity contribution in [3.8, 4) is 5.88 Å². The first-order valence-corrected chi connectivity index (χ1v) is 14.0. The highest BCUT2D eigenvalue weighted by Gasteiger charge is 2.41. The number of nitrogens with one attached hydrogen (secondary N) is 3. The standard InChI is InChI=1S/C28H30F8N6O3/c1-3-22(43)37-12-14-4-9-18(28(34,35)36)19(10-14)39-26-40-20-11-17(25(45-13-21(29)30)41-23(20)42(26)2)24(44)38-16-7-5-15(6-8-16)27(31,32)33/h4,9-11,15-16,21H,3,5-8,12-13H2,1-2H3,(H,37,43)(H,38,44)(H,39,40). The van der Waals surface area contributed by atoms with Crippen molar-refractivity contribution >= 4 is 34.6 Å². The topological polar surface area (TPSA) is 110 Å². The van der Waals surface area contributed by atoms with Crippen LogP contribution >= 0.6 is 0 Å². The lowest BCUT2D eigenvalue weighted by Gasteiger charge is -2.30. The van der Waals surface area contributed by atoms with Crippen LogP contribution in [0.5, 0.6) is 5.88 Å². The maximum absolute atomic E-state index is 13.8. The summed E-state index contributed by atoms with van der Waals surface area (Å²) >= 11 is 0. The zero-order valence-electron chi connectivity index (χ0n) is 24.1. The number of ether oxygens (including phenoxy) is 1. The molecule has 3 N–H and O–H groups in total. The molecule has 246 valence electrons. The van der Waals surface area contributed by atoms with E-state index in [1.165, 1.54) is 23.7 Å². The van der Waals surface area contributed by atoms with Crippen LogP contribution in [0.4, 0.5) is 46.8 Å². The van der Waals surface area contributed by atoms with Crippen molar-refractivity contribution < 1.29 is 49.4 Å². The number of anilines is 2. The van der Waals surface area contributed by atoms with E-state index in [2.05, 4.69) is 25.9 Å². The van der Waals surface area contributed by atoms with Crippen LogP contribution in [0.3, 0.4) is 0 Å². The molecule has 17 heteroatoms. The normalized spacial score (nSPS) is 17.4. The van der Waals surface area contributed by atoms with Crippen molar-refractivity contribution in [3.63, 3.8) is 0 Å². The molecule has 0 saturated heterocycles. The number of benzene rings is 1. The van der Waals surface area contributed by atoms with E-state index in [4.69, 9.17) is 4.74 Å². The number of hydrogen-bond donors (Lipinski definition) is 3. The molecule has 1 aromatic carbocycles. The first kappa shape index (κ1) is 33.7. The van der Waals surface area contributed by atoms with Gasteiger partial charge >= 0.3 is 12.4 Å². The summed E-state index contributed by atoms with van der Waals surface area (Å²) in [4.78, 5) is 33.2. The summed E-state index contributed by atoms with van der Waals surface area (Å²) in [6, 6.07) is 3.79. The van der Waals surface area contributed by atoms with E-state index in [9.17, 15) is 44.7 Å². The summed E-state index contributed by atoms with van der Waals surface area (Å²) in [5.74, 6) is -3.29. The van der Waals surface area contributed by atoms with Crippen molar-refractivity contribution in [2.75, 3.05) is 11.9 Å². The quantitative estimate of drug-likeness (QED) is 0.224. The lowest BCUT2D eigenvalue weighted by atomic mass is 9.85. The molecule has 2 aromatic heterocycles. The molecule has 45 heavy (non-hydrogen) atoms. The fourth-order valence-electron chi connectivity index (χ4n) is 4.95. The number of halogens is 8. The lowest BCUT2D eigenvalue weighted by Crippen LogP contribution is -2.40. The Morgan fingerprint density at radius 1 is 1.04 bits per heavy atom. The van der Waals surface area contributed by atoms with Gasteiger partial charge in [-0.05, 0) is 49.4 Å². The predicted molar refractivity (Wildman–Crippen MR) is 146 cm³/mol. The smallest absolute Gasteiger partial charge is 0.418 e. The van der Waals surface area contributed by atoms with Crippen molar-refractivity contribution in [1.29, 1.82) is 0 Å². The van der Waals surface area contributed by atoms with E-state index in [0.717, 1.165) is 12.1 Å². The van der Waals surface area contributed by atoms with E-state index in [1.54, 1.807) is 6.92 Å². The first-order chi connectivity index (χ1) is 21.1. The highest BCUT2D eigenvalue weighted by Crippen LogP contribution is 2.39. The molecule has 3 aromatic rings. The third-order valence-electron chi connectivity index (χ3n) is 7.37. The zero-order valence-corrected chi connectivity index (χ0v) is 24.1. The average Bonchev–Trinajstić information content (AvgIpc) is 3.27. The molecule has 9 nitrogen and oxygen atoms in total. The fourth-order valence-corrected chi connectivity index (χ4v) is 4.95. The summed E-state index contributed by atoms with van der Waals surface area (Å²) in [6.45, 7) is 0.454. The number of aromatic nitrogens is 3. The molecule has 0 aliphatic heterocycles. The Morgan fingerprint density at radius 3 is 2.33 bits per heavy atom. The molecule has 0 spiro atoms. The number of hydrogen-bond acceptors (Lipinski definition) is 6. The number of fused-ring (bicyclic) bond motifs is 1. The van der Waals surface area contributed by atoms with Crippen LogP contribution in [0.1, 0.15) is 60.5 Å². The Morgan fingerprint density at radius 2 is 1.73 bits per heavy atom. The maximum Gasteiger partial charge on any atom is 0.418 e. The second kappa shape index (κ2) is 13.4. The number of pyridine rings is 1. The second-order valence-corrected chi connectivity index (χ2v) is 10.6. The van der Waals surface area contributed by atoms with Gasteiger partial charge in [0.2, 0.25) is 17.7 Å². The summed E-state index contributed by atoms with van der Waals surface area (Å²) in [5, 5.41) is 7.78. The van der Waals surface area contributed by atoms with E-state index in [1.807, 2.05) is 0 Å². The van der Waals surface area contributed by atoms with Gasteiger partial charge in [-0.25, -0.2) is 13.8 Å². The molecule has 0 bridgehead atoms. The highest BCUT2D eigenvalue weighted by molar-refractivity contribution is 5.99. The maximum atomic E-state index is 13.8. The van der Waals surface area contributed by atoms with Gasteiger partial charge in [-0.15, -0.1) is 0 Å².